The van der Waals surface area contributed by atoms with E-state index in [2.05, 4.69) is 33.9 Å². The van der Waals surface area contributed by atoms with Gasteiger partial charge in [0.2, 0.25) is 0 Å². The van der Waals surface area contributed by atoms with Crippen LogP contribution in [0.15, 0.2) is 54.6 Å². The smallest absolute Gasteiger partial charge is 0.193 e. The highest BCUT2D eigenvalue weighted by atomic mass is 35.5. The van der Waals surface area contributed by atoms with Gasteiger partial charge < -0.3 is 14.3 Å². The van der Waals surface area contributed by atoms with Gasteiger partial charge in [0.05, 0.1) is 7.11 Å². The maximum atomic E-state index is 11.0. The number of aliphatic hydroxyl groups is 1. The SMILES string of the molecule is COc1ccc(C(O[Si](C)(C)C(C)(C)C)C(Cl)(Cl)C(O)c2ccccc2)cc1. The van der Waals surface area contributed by atoms with Crippen LogP contribution in [0.2, 0.25) is 18.1 Å². The van der Waals surface area contributed by atoms with Crippen molar-refractivity contribution in [3.8, 4) is 5.75 Å². The van der Waals surface area contributed by atoms with Crippen molar-refractivity contribution in [2.75, 3.05) is 7.11 Å². The van der Waals surface area contributed by atoms with Crippen molar-refractivity contribution in [3.63, 3.8) is 0 Å². The molecule has 0 aromatic heterocycles. The molecule has 0 saturated carbocycles. The summed E-state index contributed by atoms with van der Waals surface area (Å²) in [6, 6.07) is 16.6. The van der Waals surface area contributed by atoms with Crippen LogP contribution in [0.3, 0.4) is 0 Å². The number of benzene rings is 2. The first kappa shape index (κ1) is 23.2. The summed E-state index contributed by atoms with van der Waals surface area (Å²) in [5.74, 6) is 0.730. The molecule has 2 unspecified atom stereocenters. The Morgan fingerprint density at radius 1 is 0.893 bits per heavy atom. The number of halogens is 2. The lowest BCUT2D eigenvalue weighted by Gasteiger charge is -2.43. The topological polar surface area (TPSA) is 38.7 Å². The predicted octanol–water partition coefficient (Wildman–Crippen LogP) is 6.67. The molecule has 0 aliphatic carbocycles. The summed E-state index contributed by atoms with van der Waals surface area (Å²) < 4.78 is 10.3. The molecule has 0 saturated heterocycles. The van der Waals surface area contributed by atoms with E-state index in [1.165, 1.54) is 0 Å². The molecular formula is C22H30Cl2O3Si. The van der Waals surface area contributed by atoms with E-state index in [1.807, 2.05) is 54.6 Å². The van der Waals surface area contributed by atoms with Crippen LogP contribution in [0.5, 0.6) is 5.75 Å². The standard InChI is InChI=1S/C22H30Cl2O3Si/c1-21(2,3)28(5,6)27-20(17-12-14-18(26-4)15-13-17)22(23,24)19(25)16-10-8-7-9-11-16/h7-15,19-20,25H,1-6H3. The van der Waals surface area contributed by atoms with E-state index >= 15 is 0 Å². The highest BCUT2D eigenvalue weighted by Crippen LogP contribution is 2.51. The maximum Gasteiger partial charge on any atom is 0.193 e. The van der Waals surface area contributed by atoms with Gasteiger partial charge in [-0.3, -0.25) is 0 Å². The minimum absolute atomic E-state index is 0.0424. The molecule has 0 spiro atoms. The van der Waals surface area contributed by atoms with Gasteiger partial charge in [0.25, 0.3) is 0 Å². The van der Waals surface area contributed by atoms with Crippen molar-refractivity contribution in [1.82, 2.24) is 0 Å². The molecule has 2 aromatic rings. The Morgan fingerprint density at radius 2 is 1.43 bits per heavy atom. The monoisotopic (exact) mass is 440 g/mol. The summed E-state index contributed by atoms with van der Waals surface area (Å²) in [4.78, 5) is 0. The van der Waals surface area contributed by atoms with E-state index in [-0.39, 0.29) is 5.04 Å². The highest BCUT2D eigenvalue weighted by Gasteiger charge is 2.49. The lowest BCUT2D eigenvalue weighted by Crippen LogP contribution is -2.46. The molecule has 2 aromatic carbocycles. The fourth-order valence-corrected chi connectivity index (χ4v) is 4.63. The Morgan fingerprint density at radius 3 is 1.89 bits per heavy atom. The largest absolute Gasteiger partial charge is 0.497 e. The van der Waals surface area contributed by atoms with Crippen molar-refractivity contribution in [3.05, 3.63) is 65.7 Å². The number of aliphatic hydroxyl groups excluding tert-OH is 1. The summed E-state index contributed by atoms with van der Waals surface area (Å²) in [5.41, 5.74) is 1.44. The quantitative estimate of drug-likeness (QED) is 0.385. The Hall–Kier alpha value is -1.04. The van der Waals surface area contributed by atoms with Gasteiger partial charge in [-0.05, 0) is 41.4 Å². The number of methoxy groups -OCH3 is 1. The van der Waals surface area contributed by atoms with Crippen LogP contribution in [0.1, 0.15) is 44.1 Å². The van der Waals surface area contributed by atoms with E-state index in [0.29, 0.717) is 5.56 Å². The first-order chi connectivity index (χ1) is 12.9. The molecule has 0 bridgehead atoms. The van der Waals surface area contributed by atoms with Crippen molar-refractivity contribution >= 4 is 31.5 Å². The van der Waals surface area contributed by atoms with Gasteiger partial charge in [-0.2, -0.15) is 0 Å². The third kappa shape index (κ3) is 5.11. The number of hydrogen-bond donors (Lipinski definition) is 1. The van der Waals surface area contributed by atoms with Crippen molar-refractivity contribution in [2.24, 2.45) is 0 Å². The number of alkyl halides is 2. The number of ether oxygens (including phenoxy) is 1. The van der Waals surface area contributed by atoms with Crippen LogP contribution in [-0.2, 0) is 4.43 Å². The first-order valence-corrected chi connectivity index (χ1v) is 13.0. The van der Waals surface area contributed by atoms with Gasteiger partial charge >= 0.3 is 0 Å². The fourth-order valence-electron chi connectivity index (χ4n) is 2.62. The molecule has 0 aliphatic heterocycles. The lowest BCUT2D eigenvalue weighted by molar-refractivity contribution is 0.0734. The second-order valence-electron chi connectivity index (χ2n) is 8.52. The van der Waals surface area contributed by atoms with Crippen LogP contribution in [0.4, 0.5) is 0 Å². The Balaban J connectivity index is 2.49. The van der Waals surface area contributed by atoms with Crippen molar-refractivity contribution in [2.45, 2.75) is 55.4 Å². The molecule has 154 valence electrons. The van der Waals surface area contributed by atoms with Crippen LogP contribution in [-0.4, -0.2) is 24.9 Å². The second-order valence-corrected chi connectivity index (χ2v) is 14.7. The van der Waals surface area contributed by atoms with Crippen LogP contribution in [0, 0.1) is 0 Å². The zero-order valence-corrected chi connectivity index (χ0v) is 19.9. The van der Waals surface area contributed by atoms with Gasteiger partial charge in [-0.1, -0.05) is 86.4 Å². The van der Waals surface area contributed by atoms with Gasteiger partial charge in [0.1, 0.15) is 18.0 Å². The Labute approximate surface area is 179 Å². The van der Waals surface area contributed by atoms with E-state index < -0.39 is 24.9 Å². The molecule has 1 N–H and O–H groups in total. The molecule has 0 fully saturated rings. The van der Waals surface area contributed by atoms with E-state index in [9.17, 15) is 5.11 Å². The Kier molecular flexibility index (Phi) is 7.27. The normalized spacial score (nSPS) is 15.2. The van der Waals surface area contributed by atoms with Gasteiger partial charge in [0, 0.05) is 0 Å². The minimum atomic E-state index is -2.24. The van der Waals surface area contributed by atoms with E-state index in [4.69, 9.17) is 32.4 Å². The summed E-state index contributed by atoms with van der Waals surface area (Å²) >= 11 is 13.7. The van der Waals surface area contributed by atoms with Crippen molar-refractivity contribution < 1.29 is 14.3 Å². The number of rotatable bonds is 7. The third-order valence-corrected chi connectivity index (χ3v) is 10.7. The minimum Gasteiger partial charge on any atom is -0.497 e. The molecule has 2 atom stereocenters. The summed E-state index contributed by atoms with van der Waals surface area (Å²) in [6.45, 7) is 10.7. The lowest BCUT2D eigenvalue weighted by atomic mass is 9.97. The van der Waals surface area contributed by atoms with Crippen LogP contribution in [0.25, 0.3) is 0 Å². The van der Waals surface area contributed by atoms with Crippen LogP contribution < -0.4 is 4.74 Å². The molecule has 0 heterocycles. The molecule has 0 radical (unpaired) electrons. The maximum absolute atomic E-state index is 11.0. The van der Waals surface area contributed by atoms with Gasteiger partial charge in [-0.15, -0.1) is 0 Å². The highest BCUT2D eigenvalue weighted by molar-refractivity contribution is 6.74. The fraction of sp³-hybridized carbons (Fsp3) is 0.455. The number of hydrogen-bond acceptors (Lipinski definition) is 3. The van der Waals surface area contributed by atoms with E-state index in [1.54, 1.807) is 7.11 Å². The molecule has 0 amide bonds. The summed E-state index contributed by atoms with van der Waals surface area (Å²) in [5, 5.41) is 11.0. The average molecular weight is 441 g/mol. The van der Waals surface area contributed by atoms with E-state index in [0.717, 1.165) is 11.3 Å². The zero-order valence-electron chi connectivity index (χ0n) is 17.4. The van der Waals surface area contributed by atoms with Gasteiger partial charge in [0.15, 0.2) is 12.7 Å². The summed E-state index contributed by atoms with van der Waals surface area (Å²) in [6.07, 6.45) is -1.83. The second kappa shape index (κ2) is 8.76. The first-order valence-electron chi connectivity index (χ1n) is 9.33. The average Bonchev–Trinajstić information content (AvgIpc) is 2.65. The predicted molar refractivity (Wildman–Crippen MR) is 120 cm³/mol. The zero-order chi connectivity index (χ0) is 21.2. The molecule has 3 nitrogen and oxygen atoms in total. The molecule has 2 rings (SSSR count). The van der Waals surface area contributed by atoms with Crippen molar-refractivity contribution in [1.29, 1.82) is 0 Å². The van der Waals surface area contributed by atoms with Gasteiger partial charge in [-0.25, -0.2) is 0 Å². The molecule has 6 heteroatoms. The summed E-state index contributed by atoms with van der Waals surface area (Å²) in [7, 11) is -0.624. The molecule has 28 heavy (non-hydrogen) atoms. The molecular weight excluding hydrogens is 411 g/mol. The molecule has 0 aliphatic rings. The van der Waals surface area contributed by atoms with Crippen LogP contribution >= 0.6 is 23.2 Å². The third-order valence-electron chi connectivity index (χ3n) is 5.47. The Bertz CT molecular complexity index is 756.